The quantitative estimate of drug-likeness (QED) is 0.599. The maximum absolute atomic E-state index is 3.97. The van der Waals surface area contributed by atoms with Crippen molar-refractivity contribution >= 4 is 0 Å². The molecule has 18 heavy (non-hydrogen) atoms. The summed E-state index contributed by atoms with van der Waals surface area (Å²) >= 11 is 1.15. The summed E-state index contributed by atoms with van der Waals surface area (Å²) in [4.78, 5) is 0. The molecule has 0 aliphatic carbocycles. The summed E-state index contributed by atoms with van der Waals surface area (Å²) < 4.78 is 3.61. The Labute approximate surface area is 128 Å². The third-order valence-corrected chi connectivity index (χ3v) is 1.34. The van der Waals surface area contributed by atoms with E-state index >= 15 is 0 Å². The van der Waals surface area contributed by atoms with E-state index < -0.39 is 0 Å². The van der Waals surface area contributed by atoms with E-state index in [2.05, 4.69) is 19.3 Å². The first-order valence-electron chi connectivity index (χ1n) is 6.79. The van der Waals surface area contributed by atoms with Crippen LogP contribution in [0.2, 0.25) is 0 Å². The number of hydrogen-bond donors (Lipinski definition) is 0. The summed E-state index contributed by atoms with van der Waals surface area (Å²) in [7, 11) is 1.80. The third-order valence-electron chi connectivity index (χ3n) is 1.34. The van der Waals surface area contributed by atoms with Crippen molar-refractivity contribution in [2.75, 3.05) is 46.3 Å². The molecular formula is C13H33N4Ta-3. The number of rotatable bonds is 6. The molecule has 4 nitrogen and oxygen atoms in total. The minimum absolute atomic E-state index is 0.969. The molecule has 0 amide bonds. The molecule has 0 unspecified atom stereocenters. The predicted molar refractivity (Wildman–Crippen MR) is 81.7 cm³/mol. The van der Waals surface area contributed by atoms with Crippen LogP contribution in [0.4, 0.5) is 0 Å². The van der Waals surface area contributed by atoms with Crippen LogP contribution in [0.25, 0.3) is 16.0 Å². The molecule has 0 fully saturated rings. The SMILES string of the molecule is CC[N-]CC.CC[N-]CC.CC[N-]CC.C[N]=[Ta]. The Balaban J connectivity index is -0.0000000739. The second-order valence-corrected chi connectivity index (χ2v) is 4.21. The molecule has 0 aromatic heterocycles. The van der Waals surface area contributed by atoms with Crippen molar-refractivity contribution < 1.29 is 20.9 Å². The van der Waals surface area contributed by atoms with Crippen LogP contribution in [0.15, 0.2) is 3.34 Å². The van der Waals surface area contributed by atoms with Gasteiger partial charge in [-0.3, -0.25) is 0 Å². The van der Waals surface area contributed by atoms with Crippen LogP contribution in [0.3, 0.4) is 0 Å². The first kappa shape index (κ1) is 26.9. The Morgan fingerprint density at radius 2 is 0.722 bits per heavy atom. The number of nitrogens with zero attached hydrogens (tertiary/aromatic N) is 4. The van der Waals surface area contributed by atoms with E-state index in [1.54, 1.807) is 7.05 Å². The van der Waals surface area contributed by atoms with Crippen molar-refractivity contribution in [3.8, 4) is 0 Å². The van der Waals surface area contributed by atoms with Gasteiger partial charge in [-0.05, 0) is 0 Å². The van der Waals surface area contributed by atoms with Gasteiger partial charge in [-0.25, -0.2) is 0 Å². The van der Waals surface area contributed by atoms with Crippen LogP contribution in [0.1, 0.15) is 41.5 Å². The van der Waals surface area contributed by atoms with Gasteiger partial charge in [0.1, 0.15) is 0 Å². The molecule has 0 N–H and O–H groups in total. The van der Waals surface area contributed by atoms with E-state index in [0.29, 0.717) is 0 Å². The summed E-state index contributed by atoms with van der Waals surface area (Å²) in [5.41, 5.74) is 0. The zero-order valence-electron chi connectivity index (χ0n) is 13.5. The van der Waals surface area contributed by atoms with Crippen molar-refractivity contribution in [1.82, 2.24) is 0 Å². The van der Waals surface area contributed by atoms with Crippen LogP contribution in [0, 0.1) is 0 Å². The molecule has 0 rings (SSSR count). The normalized spacial score (nSPS) is 7.67. The molecule has 0 bridgehead atoms. The van der Waals surface area contributed by atoms with Crippen LogP contribution < -0.4 is 0 Å². The zero-order valence-corrected chi connectivity index (χ0v) is 16.7. The van der Waals surface area contributed by atoms with Crippen molar-refractivity contribution in [1.29, 1.82) is 0 Å². The second-order valence-electron chi connectivity index (χ2n) is 2.77. The van der Waals surface area contributed by atoms with E-state index in [-0.39, 0.29) is 0 Å². The molecule has 5 heteroatoms. The van der Waals surface area contributed by atoms with Gasteiger partial charge in [0.15, 0.2) is 0 Å². The van der Waals surface area contributed by atoms with E-state index in [4.69, 9.17) is 0 Å². The Kier molecular flexibility index (Phi) is 64.6. The van der Waals surface area contributed by atoms with Gasteiger partial charge in [0.05, 0.1) is 0 Å². The molecule has 0 saturated heterocycles. The Morgan fingerprint density at radius 3 is 0.722 bits per heavy atom. The first-order valence-corrected chi connectivity index (χ1v) is 8.22. The second kappa shape index (κ2) is 43.3. The topological polar surface area (TPSA) is 54.7 Å². The molecular weight excluding hydrogens is 393 g/mol. The monoisotopic (exact) mass is 426 g/mol. The van der Waals surface area contributed by atoms with Crippen LogP contribution in [0.5, 0.6) is 0 Å². The Bertz CT molecular complexity index is 82.7. The summed E-state index contributed by atoms with van der Waals surface area (Å²) in [5, 5.41) is 11.9. The molecule has 0 saturated carbocycles. The molecule has 0 heterocycles. The van der Waals surface area contributed by atoms with E-state index in [1.165, 1.54) is 0 Å². The molecule has 0 aromatic rings. The maximum atomic E-state index is 3.97. The molecule has 0 atom stereocenters. The molecule has 0 aliphatic heterocycles. The molecule has 113 valence electrons. The van der Waals surface area contributed by atoms with Gasteiger partial charge in [0.2, 0.25) is 0 Å². The Hall–Kier alpha value is 0.420. The number of hydrogen-bond acceptors (Lipinski definition) is 1. The molecule has 0 spiro atoms. The average molecular weight is 426 g/mol. The summed E-state index contributed by atoms with van der Waals surface area (Å²) in [6.07, 6.45) is 0. The molecule has 0 radical (unpaired) electrons. The summed E-state index contributed by atoms with van der Waals surface area (Å²) in [6.45, 7) is 18.1. The van der Waals surface area contributed by atoms with Crippen LogP contribution >= 0.6 is 0 Å². The average Bonchev–Trinajstić information content (AvgIpc) is 2.35. The van der Waals surface area contributed by atoms with Crippen LogP contribution in [-0.2, 0) is 20.9 Å². The van der Waals surface area contributed by atoms with E-state index in [9.17, 15) is 0 Å². The zero-order chi connectivity index (χ0) is 15.1. The fraction of sp³-hybridized carbons (Fsp3) is 1.00. The van der Waals surface area contributed by atoms with Crippen molar-refractivity contribution in [3.63, 3.8) is 0 Å². The van der Waals surface area contributed by atoms with Crippen molar-refractivity contribution in [2.45, 2.75) is 41.5 Å². The van der Waals surface area contributed by atoms with Gasteiger partial charge >= 0.3 is 31.3 Å². The van der Waals surface area contributed by atoms with E-state index in [0.717, 1.165) is 60.2 Å². The van der Waals surface area contributed by atoms with Gasteiger partial charge < -0.3 is 16.0 Å². The van der Waals surface area contributed by atoms with Gasteiger partial charge in [-0.15, -0.1) is 0 Å². The van der Waals surface area contributed by atoms with Crippen molar-refractivity contribution in [3.05, 3.63) is 16.0 Å². The fourth-order valence-corrected chi connectivity index (χ4v) is 0.671. The van der Waals surface area contributed by atoms with Crippen LogP contribution in [-0.4, -0.2) is 46.3 Å². The fourth-order valence-electron chi connectivity index (χ4n) is 0.671. The molecule has 0 aromatic carbocycles. The minimum atomic E-state index is 0.969. The van der Waals surface area contributed by atoms with Gasteiger partial charge in [-0.2, -0.15) is 39.3 Å². The summed E-state index contributed by atoms with van der Waals surface area (Å²) in [6, 6.07) is 0. The van der Waals surface area contributed by atoms with Gasteiger partial charge in [0.25, 0.3) is 0 Å². The standard InChI is InChI=1S/3C4H10N.CH3N.Ta/c3*1-3-5-4-2;1-2;/h3*3-4H2,1-2H3;1H3;/q3*-1;;. The van der Waals surface area contributed by atoms with E-state index in [1.807, 2.05) is 41.5 Å². The molecule has 0 aliphatic rings. The Morgan fingerprint density at radius 1 is 0.611 bits per heavy atom. The third kappa shape index (κ3) is 94.7. The van der Waals surface area contributed by atoms with Crippen molar-refractivity contribution in [2.24, 2.45) is 3.34 Å². The van der Waals surface area contributed by atoms with Gasteiger partial charge in [0, 0.05) is 0 Å². The first-order chi connectivity index (χ1) is 8.66. The summed E-state index contributed by atoms with van der Waals surface area (Å²) in [5.74, 6) is 0. The predicted octanol–water partition coefficient (Wildman–Crippen LogP) is 4.55. The van der Waals surface area contributed by atoms with Gasteiger partial charge in [-0.1, -0.05) is 41.5 Å².